The molecule has 4 heterocycles. The van der Waals surface area contributed by atoms with Crippen molar-refractivity contribution in [2.45, 2.75) is 38.3 Å². The van der Waals surface area contributed by atoms with Gasteiger partial charge in [-0.25, -0.2) is 22.7 Å². The van der Waals surface area contributed by atoms with Crippen LogP contribution in [0.15, 0.2) is 49.1 Å². The van der Waals surface area contributed by atoms with Crippen molar-refractivity contribution < 1.29 is 22.6 Å². The maximum atomic E-state index is 13.9. The van der Waals surface area contributed by atoms with E-state index in [2.05, 4.69) is 15.5 Å². The van der Waals surface area contributed by atoms with Gasteiger partial charge in [-0.15, -0.1) is 0 Å². The maximum Gasteiger partial charge on any atom is 0.272 e. The van der Waals surface area contributed by atoms with Gasteiger partial charge in [0.15, 0.2) is 5.65 Å². The highest BCUT2D eigenvalue weighted by molar-refractivity contribution is 5.76. The molecule has 1 aliphatic rings. The van der Waals surface area contributed by atoms with Crippen LogP contribution in [-0.4, -0.2) is 50.6 Å². The van der Waals surface area contributed by atoms with Crippen LogP contribution in [0.25, 0.3) is 16.8 Å². The van der Waals surface area contributed by atoms with Crippen LogP contribution >= 0.6 is 0 Å². The lowest BCUT2D eigenvalue weighted by Gasteiger charge is -2.22. The Morgan fingerprint density at radius 1 is 1.17 bits per heavy atom. The van der Waals surface area contributed by atoms with E-state index in [1.165, 1.54) is 18.2 Å². The number of nitrogens with zero attached hydrogens (tertiary/aromatic N) is 5. The number of nitrogens with one attached hydrogen (secondary N) is 1. The van der Waals surface area contributed by atoms with Crippen LogP contribution in [0.5, 0.6) is 5.75 Å². The lowest BCUT2D eigenvalue weighted by Crippen LogP contribution is -2.19. The van der Waals surface area contributed by atoms with E-state index in [1.54, 1.807) is 36.1 Å². The Kier molecular flexibility index (Phi) is 6.58. The molecule has 3 aromatic heterocycles. The van der Waals surface area contributed by atoms with Gasteiger partial charge in [-0.05, 0) is 44.0 Å². The number of halogens is 3. The van der Waals surface area contributed by atoms with Crippen molar-refractivity contribution in [1.29, 1.82) is 0 Å². The third kappa shape index (κ3) is 5.09. The molecule has 0 radical (unpaired) electrons. The summed E-state index contributed by atoms with van der Waals surface area (Å²) in [6.07, 6.45) is 6.52. The third-order valence-electron chi connectivity index (χ3n) is 6.01. The number of benzene rings is 1. The molecule has 8 nitrogen and oxygen atoms in total. The van der Waals surface area contributed by atoms with Crippen LogP contribution in [-0.2, 0) is 4.74 Å². The fourth-order valence-electron chi connectivity index (χ4n) is 4.22. The average molecular weight is 486 g/mol. The van der Waals surface area contributed by atoms with E-state index in [0.717, 1.165) is 37.2 Å². The van der Waals surface area contributed by atoms with Crippen molar-refractivity contribution in [2.24, 2.45) is 0 Å². The van der Waals surface area contributed by atoms with E-state index in [9.17, 15) is 13.2 Å². The summed E-state index contributed by atoms with van der Waals surface area (Å²) in [4.78, 5) is 4.70. The zero-order valence-electron chi connectivity index (χ0n) is 19.1. The molecule has 0 saturated carbocycles. The molecule has 11 heteroatoms. The first-order chi connectivity index (χ1) is 17.0. The van der Waals surface area contributed by atoms with Gasteiger partial charge < -0.3 is 14.8 Å². The highest BCUT2D eigenvalue weighted by Crippen LogP contribution is 2.30. The summed E-state index contributed by atoms with van der Waals surface area (Å²) in [5.41, 5.74) is 2.77. The molecular weight excluding hydrogens is 461 g/mol. The quantitative estimate of drug-likeness (QED) is 0.382. The van der Waals surface area contributed by atoms with Crippen molar-refractivity contribution in [3.63, 3.8) is 0 Å². The fraction of sp³-hybridized carbons (Fsp3) is 0.375. The van der Waals surface area contributed by atoms with Crippen molar-refractivity contribution in [2.75, 3.05) is 25.1 Å². The Balaban J connectivity index is 1.39. The van der Waals surface area contributed by atoms with Gasteiger partial charge in [0.2, 0.25) is 0 Å². The van der Waals surface area contributed by atoms with Gasteiger partial charge >= 0.3 is 0 Å². The summed E-state index contributed by atoms with van der Waals surface area (Å²) in [5.74, 6) is 0.229. The lowest BCUT2D eigenvalue weighted by molar-refractivity contribution is 0.0662. The minimum atomic E-state index is -2.63. The highest BCUT2D eigenvalue weighted by Gasteiger charge is 2.19. The number of hydrogen-bond donors (Lipinski definition) is 1. The molecule has 1 saturated heterocycles. The Labute approximate surface area is 199 Å². The first-order valence-electron chi connectivity index (χ1n) is 11.4. The van der Waals surface area contributed by atoms with Crippen LogP contribution in [0.1, 0.15) is 37.4 Å². The Morgan fingerprint density at radius 3 is 2.80 bits per heavy atom. The molecule has 0 aliphatic carbocycles. The Morgan fingerprint density at radius 2 is 2.00 bits per heavy atom. The van der Waals surface area contributed by atoms with E-state index < -0.39 is 24.9 Å². The predicted molar refractivity (Wildman–Crippen MR) is 123 cm³/mol. The second kappa shape index (κ2) is 9.95. The summed E-state index contributed by atoms with van der Waals surface area (Å²) < 4.78 is 53.5. The third-order valence-corrected chi connectivity index (χ3v) is 6.01. The maximum absolute atomic E-state index is 13.9. The molecular formula is C24H25F3N6O2. The lowest BCUT2D eigenvalue weighted by atomic mass is 10.1. The van der Waals surface area contributed by atoms with Crippen molar-refractivity contribution in [3.8, 4) is 16.9 Å². The molecule has 0 bridgehead atoms. The van der Waals surface area contributed by atoms with E-state index >= 15 is 0 Å². The number of rotatable bonds is 8. The monoisotopic (exact) mass is 486 g/mol. The van der Waals surface area contributed by atoms with E-state index in [4.69, 9.17) is 14.5 Å². The van der Waals surface area contributed by atoms with Gasteiger partial charge in [0, 0.05) is 42.3 Å². The number of alkyl halides is 2. The number of aromatic nitrogens is 5. The van der Waals surface area contributed by atoms with Gasteiger partial charge in [0.1, 0.15) is 24.0 Å². The second-order valence-electron chi connectivity index (χ2n) is 8.44. The molecule has 1 atom stereocenters. The standard InChI is InChI=1S/C24H25F3N6O2/c1-15(19-10-17(25)2-3-21(19)35-14-22(26)27)30-23-4-7-32-24(31-23)20(12-29-32)16-11-28-33(13-16)18-5-8-34-9-6-18/h2-4,7,10-13,15,18,22H,5-6,8-9,14H2,1H3,(H,30,31). The zero-order chi connectivity index (χ0) is 24.4. The van der Waals surface area contributed by atoms with Crippen molar-refractivity contribution >= 4 is 11.5 Å². The molecule has 5 rings (SSSR count). The fourth-order valence-corrected chi connectivity index (χ4v) is 4.22. The SMILES string of the molecule is CC(Nc1ccn2ncc(-c3cnn(C4CCOCC4)c3)c2n1)c1cc(F)ccc1OCC(F)F. The van der Waals surface area contributed by atoms with Crippen LogP contribution < -0.4 is 10.1 Å². The Hall–Kier alpha value is -3.60. The molecule has 1 fully saturated rings. The normalized spacial score (nSPS) is 15.6. The van der Waals surface area contributed by atoms with Gasteiger partial charge in [-0.3, -0.25) is 4.68 Å². The second-order valence-corrected chi connectivity index (χ2v) is 8.44. The Bertz CT molecular complexity index is 1300. The minimum Gasteiger partial charge on any atom is -0.487 e. The van der Waals surface area contributed by atoms with Crippen LogP contribution in [0.3, 0.4) is 0 Å². The molecule has 1 aromatic carbocycles. The molecule has 4 aromatic rings. The zero-order valence-corrected chi connectivity index (χ0v) is 19.1. The smallest absolute Gasteiger partial charge is 0.272 e. The van der Waals surface area contributed by atoms with Gasteiger partial charge in [-0.1, -0.05) is 0 Å². The van der Waals surface area contributed by atoms with Crippen molar-refractivity contribution in [1.82, 2.24) is 24.4 Å². The summed E-state index contributed by atoms with van der Waals surface area (Å²) >= 11 is 0. The average Bonchev–Trinajstić information content (AvgIpc) is 3.50. The predicted octanol–water partition coefficient (Wildman–Crippen LogP) is 4.90. The number of fused-ring (bicyclic) bond motifs is 1. The molecule has 1 unspecified atom stereocenters. The topological polar surface area (TPSA) is 78.5 Å². The largest absolute Gasteiger partial charge is 0.487 e. The van der Waals surface area contributed by atoms with Gasteiger partial charge in [0.05, 0.1) is 24.5 Å². The molecule has 1 N–H and O–H groups in total. The summed E-state index contributed by atoms with van der Waals surface area (Å²) in [6.45, 7) is 2.47. The van der Waals surface area contributed by atoms with Crippen LogP contribution in [0, 0.1) is 5.82 Å². The summed E-state index contributed by atoms with van der Waals surface area (Å²) in [7, 11) is 0. The summed E-state index contributed by atoms with van der Waals surface area (Å²) in [5, 5.41) is 12.1. The highest BCUT2D eigenvalue weighted by atomic mass is 19.3. The van der Waals surface area contributed by atoms with E-state index in [0.29, 0.717) is 23.1 Å². The van der Waals surface area contributed by atoms with E-state index in [1.807, 2.05) is 10.9 Å². The number of ether oxygens (including phenoxy) is 2. The van der Waals surface area contributed by atoms with Crippen LogP contribution in [0.4, 0.5) is 19.0 Å². The molecule has 1 aliphatic heterocycles. The molecule has 0 amide bonds. The van der Waals surface area contributed by atoms with Gasteiger partial charge in [0.25, 0.3) is 6.43 Å². The van der Waals surface area contributed by atoms with Gasteiger partial charge in [-0.2, -0.15) is 10.2 Å². The number of hydrogen-bond acceptors (Lipinski definition) is 6. The number of anilines is 1. The van der Waals surface area contributed by atoms with E-state index in [-0.39, 0.29) is 5.75 Å². The van der Waals surface area contributed by atoms with Crippen molar-refractivity contribution in [3.05, 3.63) is 60.4 Å². The molecule has 0 spiro atoms. The minimum absolute atomic E-state index is 0.193. The summed E-state index contributed by atoms with van der Waals surface area (Å²) in [6, 6.07) is 5.39. The van der Waals surface area contributed by atoms with Crippen LogP contribution in [0.2, 0.25) is 0 Å². The molecule has 35 heavy (non-hydrogen) atoms. The first kappa shape index (κ1) is 23.2. The first-order valence-corrected chi connectivity index (χ1v) is 11.4. The molecule has 184 valence electrons.